The first-order valence-corrected chi connectivity index (χ1v) is 4.39. The van der Waals surface area contributed by atoms with Gasteiger partial charge in [0.2, 0.25) is 6.41 Å². The second-order valence-corrected chi connectivity index (χ2v) is 3.53. The molecule has 2 saturated heterocycles. The molecule has 0 N–H and O–H groups in total. The van der Waals surface area contributed by atoms with E-state index in [0.717, 1.165) is 19.5 Å². The van der Waals surface area contributed by atoms with Gasteiger partial charge in [0.05, 0.1) is 12.6 Å². The first-order valence-electron chi connectivity index (χ1n) is 4.39. The number of hydrogen-bond acceptors (Lipinski definition) is 2. The van der Waals surface area contributed by atoms with Crippen LogP contribution in [0.4, 0.5) is 4.39 Å². The molecule has 2 aliphatic heterocycles. The van der Waals surface area contributed by atoms with Gasteiger partial charge in [-0.25, -0.2) is 4.39 Å². The molecule has 0 radical (unpaired) electrons. The topological polar surface area (TPSA) is 23.6 Å². The van der Waals surface area contributed by atoms with Crippen molar-refractivity contribution in [1.82, 2.24) is 9.80 Å². The Kier molecular flexibility index (Phi) is 2.00. The third-order valence-electron chi connectivity index (χ3n) is 2.76. The van der Waals surface area contributed by atoms with Crippen molar-refractivity contribution in [2.45, 2.75) is 18.6 Å². The standard InChI is InChI=1S/C8H13FN2O/c9-7-4-10(6-12)5-8(7)11-2-1-3-11/h6-8H,1-5H2. The van der Waals surface area contributed by atoms with E-state index in [-0.39, 0.29) is 12.6 Å². The van der Waals surface area contributed by atoms with Crippen molar-refractivity contribution in [2.75, 3.05) is 26.2 Å². The summed E-state index contributed by atoms with van der Waals surface area (Å²) in [5, 5.41) is 0. The minimum absolute atomic E-state index is 0.0241. The van der Waals surface area contributed by atoms with E-state index in [1.165, 1.54) is 11.3 Å². The van der Waals surface area contributed by atoms with Crippen LogP contribution < -0.4 is 0 Å². The Labute approximate surface area is 71.1 Å². The Morgan fingerprint density at radius 1 is 1.33 bits per heavy atom. The lowest BCUT2D eigenvalue weighted by atomic mass is 10.1. The molecule has 0 bridgehead atoms. The predicted molar refractivity (Wildman–Crippen MR) is 42.5 cm³/mol. The Balaban J connectivity index is 1.93. The van der Waals surface area contributed by atoms with Crippen LogP contribution in [0.15, 0.2) is 0 Å². The van der Waals surface area contributed by atoms with Crippen molar-refractivity contribution in [1.29, 1.82) is 0 Å². The summed E-state index contributed by atoms with van der Waals surface area (Å²) in [4.78, 5) is 14.0. The number of amides is 1. The minimum atomic E-state index is -0.838. The van der Waals surface area contributed by atoms with Crippen LogP contribution in [0.5, 0.6) is 0 Å². The molecule has 2 atom stereocenters. The Hall–Kier alpha value is -0.640. The van der Waals surface area contributed by atoms with E-state index in [1.807, 2.05) is 0 Å². The average Bonchev–Trinajstić information content (AvgIpc) is 2.29. The van der Waals surface area contributed by atoms with Crippen LogP contribution in [0.3, 0.4) is 0 Å². The van der Waals surface area contributed by atoms with Crippen molar-refractivity contribution in [3.8, 4) is 0 Å². The molecular formula is C8H13FN2O. The number of alkyl halides is 1. The van der Waals surface area contributed by atoms with E-state index in [9.17, 15) is 9.18 Å². The van der Waals surface area contributed by atoms with Crippen molar-refractivity contribution >= 4 is 6.41 Å². The molecule has 0 saturated carbocycles. The van der Waals surface area contributed by atoms with Gasteiger partial charge in [-0.3, -0.25) is 9.69 Å². The molecule has 0 spiro atoms. The maximum absolute atomic E-state index is 13.3. The Morgan fingerprint density at radius 3 is 2.50 bits per heavy atom. The Morgan fingerprint density at radius 2 is 2.08 bits per heavy atom. The molecule has 0 aliphatic carbocycles. The van der Waals surface area contributed by atoms with Gasteiger partial charge in [-0.05, 0) is 19.5 Å². The van der Waals surface area contributed by atoms with Gasteiger partial charge in [0.25, 0.3) is 0 Å². The molecule has 12 heavy (non-hydrogen) atoms. The highest BCUT2D eigenvalue weighted by molar-refractivity contribution is 5.48. The molecule has 3 nitrogen and oxygen atoms in total. The number of halogens is 1. The fourth-order valence-electron chi connectivity index (χ4n) is 1.88. The molecule has 2 heterocycles. The van der Waals surface area contributed by atoms with Gasteiger partial charge in [-0.2, -0.15) is 0 Å². The van der Waals surface area contributed by atoms with Gasteiger partial charge in [-0.15, -0.1) is 0 Å². The number of rotatable bonds is 2. The normalized spacial score (nSPS) is 36.6. The largest absolute Gasteiger partial charge is 0.341 e. The van der Waals surface area contributed by atoms with E-state index in [2.05, 4.69) is 4.90 Å². The van der Waals surface area contributed by atoms with E-state index in [1.54, 1.807) is 0 Å². The zero-order chi connectivity index (χ0) is 8.55. The highest BCUT2D eigenvalue weighted by Crippen LogP contribution is 2.22. The summed E-state index contributed by atoms with van der Waals surface area (Å²) < 4.78 is 13.3. The Bertz CT molecular complexity index is 184. The molecule has 2 aliphatic rings. The molecule has 2 rings (SSSR count). The number of carbonyl (C=O) groups excluding carboxylic acids is 1. The molecule has 1 amide bonds. The molecule has 0 aromatic heterocycles. The molecule has 4 heteroatoms. The van der Waals surface area contributed by atoms with Gasteiger partial charge in [0, 0.05) is 6.54 Å². The zero-order valence-electron chi connectivity index (χ0n) is 6.95. The first-order chi connectivity index (χ1) is 5.81. The van der Waals surface area contributed by atoms with Crippen molar-refractivity contribution < 1.29 is 9.18 Å². The third-order valence-corrected chi connectivity index (χ3v) is 2.76. The van der Waals surface area contributed by atoms with Crippen LogP contribution in [-0.2, 0) is 4.79 Å². The lowest BCUT2D eigenvalue weighted by Gasteiger charge is -2.36. The maximum atomic E-state index is 13.3. The molecule has 0 aromatic carbocycles. The first kappa shape index (κ1) is 7.98. The average molecular weight is 172 g/mol. The number of nitrogens with zero attached hydrogens (tertiary/aromatic N) is 2. The molecule has 0 aromatic rings. The quantitative estimate of drug-likeness (QED) is 0.542. The van der Waals surface area contributed by atoms with Gasteiger partial charge in [0.15, 0.2) is 0 Å². The van der Waals surface area contributed by atoms with Crippen LogP contribution in [0.25, 0.3) is 0 Å². The van der Waals surface area contributed by atoms with Crippen LogP contribution in [0.1, 0.15) is 6.42 Å². The van der Waals surface area contributed by atoms with Gasteiger partial charge in [0.1, 0.15) is 6.17 Å². The van der Waals surface area contributed by atoms with Crippen molar-refractivity contribution in [2.24, 2.45) is 0 Å². The van der Waals surface area contributed by atoms with Crippen LogP contribution in [-0.4, -0.2) is 54.6 Å². The van der Waals surface area contributed by atoms with Crippen molar-refractivity contribution in [3.63, 3.8) is 0 Å². The van der Waals surface area contributed by atoms with E-state index in [0.29, 0.717) is 6.54 Å². The molecule has 2 fully saturated rings. The van der Waals surface area contributed by atoms with Gasteiger partial charge in [-0.1, -0.05) is 0 Å². The molecule has 68 valence electrons. The number of hydrogen-bond donors (Lipinski definition) is 0. The summed E-state index contributed by atoms with van der Waals surface area (Å²) in [7, 11) is 0. The second kappa shape index (κ2) is 3.01. The van der Waals surface area contributed by atoms with E-state index < -0.39 is 6.17 Å². The maximum Gasteiger partial charge on any atom is 0.209 e. The summed E-state index contributed by atoms with van der Waals surface area (Å²) in [5.41, 5.74) is 0. The second-order valence-electron chi connectivity index (χ2n) is 3.53. The number of likely N-dealkylation sites (tertiary alicyclic amines) is 2. The zero-order valence-corrected chi connectivity index (χ0v) is 6.95. The SMILES string of the molecule is O=CN1CC(F)C(N2CCC2)C1. The van der Waals surface area contributed by atoms with Crippen molar-refractivity contribution in [3.05, 3.63) is 0 Å². The summed E-state index contributed by atoms with van der Waals surface area (Å²) in [6.07, 6.45) is 1.08. The monoisotopic (exact) mass is 172 g/mol. The summed E-state index contributed by atoms with van der Waals surface area (Å²) in [6, 6.07) is -0.0241. The van der Waals surface area contributed by atoms with Crippen LogP contribution >= 0.6 is 0 Å². The predicted octanol–water partition coefficient (Wildman–Crippen LogP) is -0.129. The van der Waals surface area contributed by atoms with Crippen LogP contribution in [0, 0.1) is 0 Å². The fourth-order valence-corrected chi connectivity index (χ4v) is 1.88. The number of carbonyl (C=O) groups is 1. The summed E-state index contributed by atoms with van der Waals surface area (Å²) in [5.74, 6) is 0. The summed E-state index contributed by atoms with van der Waals surface area (Å²) >= 11 is 0. The van der Waals surface area contributed by atoms with Gasteiger partial charge < -0.3 is 4.90 Å². The smallest absolute Gasteiger partial charge is 0.209 e. The van der Waals surface area contributed by atoms with E-state index >= 15 is 0 Å². The van der Waals surface area contributed by atoms with E-state index in [4.69, 9.17) is 0 Å². The highest BCUT2D eigenvalue weighted by Gasteiger charge is 2.38. The lowest BCUT2D eigenvalue weighted by molar-refractivity contribution is -0.117. The highest BCUT2D eigenvalue weighted by atomic mass is 19.1. The fraction of sp³-hybridized carbons (Fsp3) is 0.875. The molecular weight excluding hydrogens is 159 g/mol. The molecule has 2 unspecified atom stereocenters. The lowest BCUT2D eigenvalue weighted by Crippen LogP contribution is -2.49. The summed E-state index contributed by atoms with van der Waals surface area (Å²) in [6.45, 7) is 2.85. The minimum Gasteiger partial charge on any atom is -0.341 e. The van der Waals surface area contributed by atoms with Gasteiger partial charge >= 0.3 is 0 Å². The van der Waals surface area contributed by atoms with Crippen LogP contribution in [0.2, 0.25) is 0 Å². The third kappa shape index (κ3) is 1.20.